The van der Waals surface area contributed by atoms with Crippen molar-refractivity contribution in [3.63, 3.8) is 0 Å². The number of fused-ring (bicyclic) bond motifs is 3. The van der Waals surface area contributed by atoms with Gasteiger partial charge in [-0.2, -0.15) is 0 Å². The van der Waals surface area contributed by atoms with Crippen molar-refractivity contribution in [3.05, 3.63) is 58.3 Å². The first kappa shape index (κ1) is 19.2. The number of Topliss-reactive ketones (excluding diaryl/α,β-unsaturated/α-hetero) is 1. The number of amides is 1. The maximum atomic E-state index is 12.9. The third-order valence-corrected chi connectivity index (χ3v) is 5.95. The highest BCUT2D eigenvalue weighted by atomic mass is 16.5. The van der Waals surface area contributed by atoms with Crippen LogP contribution in [0, 0.1) is 20.8 Å². The highest BCUT2D eigenvalue weighted by Crippen LogP contribution is 2.41. The highest BCUT2D eigenvalue weighted by molar-refractivity contribution is 6.14. The van der Waals surface area contributed by atoms with E-state index < -0.39 is 5.60 Å². The van der Waals surface area contributed by atoms with Gasteiger partial charge >= 0.3 is 0 Å². The van der Waals surface area contributed by atoms with E-state index in [1.54, 1.807) is 12.1 Å². The van der Waals surface area contributed by atoms with E-state index in [0.29, 0.717) is 40.0 Å². The fourth-order valence-electron chi connectivity index (χ4n) is 3.83. The lowest BCUT2D eigenvalue weighted by atomic mass is 9.87. The number of hydrogen-bond donors (Lipinski definition) is 1. The number of hydrogen-bond acceptors (Lipinski definition) is 4. The number of rotatable bonds is 3. The van der Waals surface area contributed by atoms with Crippen LogP contribution in [0.1, 0.15) is 64.3 Å². The second-order valence-corrected chi connectivity index (χ2v) is 8.13. The molecule has 150 valence electrons. The van der Waals surface area contributed by atoms with E-state index in [-0.39, 0.29) is 17.5 Å². The van der Waals surface area contributed by atoms with E-state index in [1.807, 2.05) is 52.8 Å². The number of ether oxygens (including phenoxy) is 1. The summed E-state index contributed by atoms with van der Waals surface area (Å²) in [7, 11) is 0. The predicted molar refractivity (Wildman–Crippen MR) is 113 cm³/mol. The molecular formula is C24H25NO4. The second kappa shape index (κ2) is 6.76. The van der Waals surface area contributed by atoms with Gasteiger partial charge in [-0.3, -0.25) is 9.59 Å². The average molecular weight is 391 g/mol. The van der Waals surface area contributed by atoms with E-state index in [0.717, 1.165) is 17.5 Å². The molecule has 1 aliphatic heterocycles. The van der Waals surface area contributed by atoms with Gasteiger partial charge in [-0.05, 0) is 69.5 Å². The van der Waals surface area contributed by atoms with Gasteiger partial charge in [-0.15, -0.1) is 0 Å². The van der Waals surface area contributed by atoms with Crippen LogP contribution in [0.4, 0.5) is 5.69 Å². The molecule has 0 spiro atoms. The van der Waals surface area contributed by atoms with Gasteiger partial charge in [0.05, 0.1) is 12.0 Å². The van der Waals surface area contributed by atoms with Crippen molar-refractivity contribution in [2.24, 2.45) is 0 Å². The minimum Gasteiger partial charge on any atom is -0.486 e. The summed E-state index contributed by atoms with van der Waals surface area (Å²) in [6.45, 7) is 9.79. The molecule has 0 saturated carbocycles. The molecule has 0 bridgehead atoms. The summed E-state index contributed by atoms with van der Waals surface area (Å²) in [5.74, 6) is 0.455. The molecule has 5 heteroatoms. The predicted octanol–water partition coefficient (Wildman–Crippen LogP) is 5.74. The van der Waals surface area contributed by atoms with Gasteiger partial charge in [0, 0.05) is 16.6 Å². The molecule has 3 aromatic rings. The van der Waals surface area contributed by atoms with Crippen molar-refractivity contribution in [1.29, 1.82) is 0 Å². The number of carbonyl (C=O) groups excluding carboxylic acids is 2. The summed E-state index contributed by atoms with van der Waals surface area (Å²) in [5, 5.41) is 3.56. The summed E-state index contributed by atoms with van der Waals surface area (Å²) >= 11 is 0. The number of aryl methyl sites for hydroxylation is 3. The summed E-state index contributed by atoms with van der Waals surface area (Å²) in [5.41, 5.74) is 4.14. The van der Waals surface area contributed by atoms with Crippen molar-refractivity contribution < 1.29 is 18.7 Å². The monoisotopic (exact) mass is 391 g/mol. The fourth-order valence-corrected chi connectivity index (χ4v) is 3.83. The van der Waals surface area contributed by atoms with Crippen LogP contribution in [-0.2, 0) is 0 Å². The number of ketones is 1. The molecular weight excluding hydrogens is 366 g/mol. The smallest absolute Gasteiger partial charge is 0.291 e. The Balaban J connectivity index is 1.75. The van der Waals surface area contributed by atoms with Crippen LogP contribution in [0.5, 0.6) is 5.75 Å². The van der Waals surface area contributed by atoms with Gasteiger partial charge in [-0.25, -0.2) is 0 Å². The van der Waals surface area contributed by atoms with Gasteiger partial charge in [0.2, 0.25) is 0 Å². The van der Waals surface area contributed by atoms with Crippen molar-refractivity contribution in [1.82, 2.24) is 0 Å². The van der Waals surface area contributed by atoms with E-state index in [4.69, 9.17) is 9.15 Å². The quantitative estimate of drug-likeness (QED) is 0.618. The molecule has 2 heterocycles. The molecule has 0 radical (unpaired) electrons. The average Bonchev–Trinajstić information content (AvgIpc) is 3.01. The van der Waals surface area contributed by atoms with E-state index in [9.17, 15) is 9.59 Å². The number of carbonyl (C=O) groups is 2. The zero-order chi connectivity index (χ0) is 20.9. The molecule has 1 aromatic heterocycles. The highest BCUT2D eigenvalue weighted by Gasteiger charge is 2.37. The Bertz CT molecular complexity index is 1160. The Morgan fingerprint density at radius 3 is 2.59 bits per heavy atom. The third-order valence-electron chi connectivity index (χ3n) is 5.95. The normalized spacial score (nSPS) is 18.4. The summed E-state index contributed by atoms with van der Waals surface area (Å²) < 4.78 is 12.0. The van der Waals surface area contributed by atoms with Gasteiger partial charge in [-0.1, -0.05) is 13.0 Å². The molecule has 1 unspecified atom stereocenters. The lowest BCUT2D eigenvalue weighted by Crippen LogP contribution is -2.38. The molecule has 29 heavy (non-hydrogen) atoms. The first-order chi connectivity index (χ1) is 13.7. The third kappa shape index (κ3) is 3.20. The minimum atomic E-state index is -0.501. The Kier molecular flexibility index (Phi) is 4.49. The maximum Gasteiger partial charge on any atom is 0.291 e. The number of benzene rings is 2. The second-order valence-electron chi connectivity index (χ2n) is 8.13. The summed E-state index contributed by atoms with van der Waals surface area (Å²) in [6, 6.07) is 9.28. The standard InChI is InChI=1S/C24H25NO4/c1-6-24(5)12-17(26)21-19(29-24)10-9-18-20(21)15(4)22(28-18)23(27)25-16-8-7-13(2)14(3)11-16/h7-11H,6,12H2,1-5H3,(H,25,27). The molecule has 2 aromatic carbocycles. The first-order valence-electron chi connectivity index (χ1n) is 9.89. The van der Waals surface area contributed by atoms with Gasteiger partial charge in [0.15, 0.2) is 11.5 Å². The molecule has 0 fully saturated rings. The van der Waals surface area contributed by atoms with Crippen molar-refractivity contribution in [3.8, 4) is 5.75 Å². The SMILES string of the molecule is CCC1(C)CC(=O)c2c(ccc3oc(C(=O)Nc4ccc(C)c(C)c4)c(C)c23)O1. The molecule has 1 atom stereocenters. The van der Waals surface area contributed by atoms with E-state index in [1.165, 1.54) is 0 Å². The molecule has 1 amide bonds. The number of furan rings is 1. The van der Waals surface area contributed by atoms with Crippen molar-refractivity contribution in [2.75, 3.05) is 5.32 Å². The Morgan fingerprint density at radius 1 is 1.14 bits per heavy atom. The maximum absolute atomic E-state index is 12.9. The van der Waals surface area contributed by atoms with Crippen molar-refractivity contribution >= 4 is 28.3 Å². The van der Waals surface area contributed by atoms with Crippen LogP contribution in [-0.4, -0.2) is 17.3 Å². The van der Waals surface area contributed by atoms with Crippen LogP contribution in [0.3, 0.4) is 0 Å². The molecule has 4 rings (SSSR count). The van der Waals surface area contributed by atoms with E-state index in [2.05, 4.69) is 5.32 Å². The zero-order valence-corrected chi connectivity index (χ0v) is 17.4. The number of anilines is 1. The minimum absolute atomic E-state index is 0.0196. The molecule has 0 saturated heterocycles. The summed E-state index contributed by atoms with van der Waals surface area (Å²) in [4.78, 5) is 25.8. The van der Waals surface area contributed by atoms with Crippen LogP contribution in [0.15, 0.2) is 34.7 Å². The van der Waals surface area contributed by atoms with Crippen LogP contribution in [0.2, 0.25) is 0 Å². The lowest BCUT2D eigenvalue weighted by molar-refractivity contribution is 0.0503. The van der Waals surface area contributed by atoms with Crippen LogP contribution in [0.25, 0.3) is 11.0 Å². The van der Waals surface area contributed by atoms with Gasteiger partial charge in [0.25, 0.3) is 5.91 Å². The number of nitrogens with one attached hydrogen (secondary N) is 1. The Hall–Kier alpha value is -3.08. The first-order valence-corrected chi connectivity index (χ1v) is 9.89. The van der Waals surface area contributed by atoms with Crippen LogP contribution >= 0.6 is 0 Å². The summed E-state index contributed by atoms with van der Waals surface area (Å²) in [6.07, 6.45) is 1.05. The Labute approximate surface area is 170 Å². The Morgan fingerprint density at radius 2 is 1.90 bits per heavy atom. The van der Waals surface area contributed by atoms with E-state index >= 15 is 0 Å². The molecule has 1 N–H and O–H groups in total. The largest absolute Gasteiger partial charge is 0.486 e. The zero-order valence-electron chi connectivity index (χ0n) is 17.4. The van der Waals surface area contributed by atoms with Gasteiger partial charge < -0.3 is 14.5 Å². The van der Waals surface area contributed by atoms with Gasteiger partial charge in [0.1, 0.15) is 16.9 Å². The molecule has 1 aliphatic rings. The van der Waals surface area contributed by atoms with Crippen LogP contribution < -0.4 is 10.1 Å². The topological polar surface area (TPSA) is 68.5 Å². The molecule has 0 aliphatic carbocycles. The van der Waals surface area contributed by atoms with Crippen molar-refractivity contribution in [2.45, 2.75) is 53.1 Å². The fraction of sp³-hybridized carbons (Fsp3) is 0.333. The molecule has 5 nitrogen and oxygen atoms in total. The lowest BCUT2D eigenvalue weighted by Gasteiger charge is -2.34.